The van der Waals surface area contributed by atoms with Crippen molar-refractivity contribution in [2.45, 2.75) is 39.8 Å². The molecule has 0 saturated carbocycles. The lowest BCUT2D eigenvalue weighted by Gasteiger charge is -2.23. The molecule has 0 aromatic heterocycles. The summed E-state index contributed by atoms with van der Waals surface area (Å²) in [6, 6.07) is 3.24. The van der Waals surface area contributed by atoms with E-state index in [2.05, 4.69) is 24.1 Å². The number of likely N-dealkylation sites (N-methyl/N-ethyl adjacent to an activating group) is 1. The molecule has 0 atom stereocenters. The van der Waals surface area contributed by atoms with E-state index in [0.29, 0.717) is 44.1 Å². The Balaban J connectivity index is 2.23. The summed E-state index contributed by atoms with van der Waals surface area (Å²) < 4.78 is 51.0. The fourth-order valence-electron chi connectivity index (χ4n) is 3.23. The van der Waals surface area contributed by atoms with E-state index in [4.69, 9.17) is 21.1 Å². The van der Waals surface area contributed by atoms with Crippen LogP contribution in [0, 0.1) is 0 Å². The first-order valence-corrected chi connectivity index (χ1v) is 10.7. The topological polar surface area (TPSA) is 50.8 Å². The number of ether oxygens (including phenoxy) is 2. The molecule has 0 saturated heterocycles. The van der Waals surface area contributed by atoms with Gasteiger partial charge < -0.3 is 19.7 Å². The zero-order valence-corrected chi connectivity index (χ0v) is 18.7. The van der Waals surface area contributed by atoms with Crippen LogP contribution in [-0.2, 0) is 20.4 Å². The number of carbonyl (C=O) groups is 1. The predicted octanol–water partition coefficient (Wildman–Crippen LogP) is 5.62. The van der Waals surface area contributed by atoms with Crippen LogP contribution in [0.1, 0.15) is 39.2 Å². The zero-order valence-electron chi connectivity index (χ0n) is 17.9. The number of rotatable bonds is 10. The van der Waals surface area contributed by atoms with E-state index in [1.54, 1.807) is 6.92 Å². The van der Waals surface area contributed by atoms with Crippen molar-refractivity contribution in [3.63, 3.8) is 0 Å². The molecule has 0 unspecified atom stereocenters. The predicted molar refractivity (Wildman–Crippen MR) is 115 cm³/mol. The van der Waals surface area contributed by atoms with Gasteiger partial charge in [0.2, 0.25) is 0 Å². The highest BCUT2D eigenvalue weighted by molar-refractivity contribution is 6.31. The van der Waals surface area contributed by atoms with Gasteiger partial charge in [0.05, 0.1) is 17.2 Å². The number of benzene rings is 1. The minimum Gasteiger partial charge on any atom is -0.497 e. The number of halogens is 4. The molecule has 0 spiro atoms. The second-order valence-corrected chi connectivity index (χ2v) is 7.27. The van der Waals surface area contributed by atoms with Crippen LogP contribution in [-0.4, -0.2) is 43.7 Å². The van der Waals surface area contributed by atoms with Crippen molar-refractivity contribution in [1.82, 2.24) is 4.90 Å². The highest BCUT2D eigenvalue weighted by atomic mass is 35.5. The lowest BCUT2D eigenvalue weighted by molar-refractivity contribution is -0.137. The summed E-state index contributed by atoms with van der Waals surface area (Å²) in [5.74, 6) is 0.252. The molecule has 9 heteroatoms. The van der Waals surface area contributed by atoms with E-state index in [9.17, 15) is 18.0 Å². The molecule has 0 heterocycles. The molecule has 1 aliphatic carbocycles. The number of nitrogens with one attached hydrogen (secondary N) is 1. The van der Waals surface area contributed by atoms with Crippen molar-refractivity contribution in [2.75, 3.05) is 38.2 Å². The molecule has 31 heavy (non-hydrogen) atoms. The highest BCUT2D eigenvalue weighted by Gasteiger charge is 2.34. The first-order valence-electron chi connectivity index (χ1n) is 10.3. The lowest BCUT2D eigenvalue weighted by atomic mass is 10.0. The second-order valence-electron chi connectivity index (χ2n) is 6.86. The number of allylic oxidation sites excluding steroid dienone is 2. The fraction of sp³-hybridized carbons (Fsp3) is 0.500. The average Bonchev–Trinajstić information content (AvgIpc) is 2.72. The van der Waals surface area contributed by atoms with E-state index in [1.807, 2.05) is 6.08 Å². The van der Waals surface area contributed by atoms with Crippen LogP contribution in [0.2, 0.25) is 5.02 Å². The van der Waals surface area contributed by atoms with Gasteiger partial charge in [-0.1, -0.05) is 25.4 Å². The standard InChI is InChI=1S/C22H28ClF3N2O3/c1-4-28(5-2)12-13-31-19-9-7-8-18(30-6-3)20(19)21(29)27-15-10-11-17(23)16(14-15)22(24,25)26/h9-11,14H,4-8,12-13H2,1-3H3,(H,27,29). The van der Waals surface area contributed by atoms with Crippen LogP contribution in [0.15, 0.2) is 41.4 Å². The zero-order chi connectivity index (χ0) is 23.0. The molecule has 5 nitrogen and oxygen atoms in total. The van der Waals surface area contributed by atoms with Crippen LogP contribution in [0.5, 0.6) is 0 Å². The number of amides is 1. The Morgan fingerprint density at radius 2 is 1.90 bits per heavy atom. The monoisotopic (exact) mass is 460 g/mol. The Labute approximate surface area is 185 Å². The third kappa shape index (κ3) is 6.90. The molecule has 1 amide bonds. The summed E-state index contributed by atoms with van der Waals surface area (Å²) in [6.45, 7) is 9.09. The molecule has 1 N–H and O–H groups in total. The molecule has 1 aromatic carbocycles. The average molecular weight is 461 g/mol. The van der Waals surface area contributed by atoms with Gasteiger partial charge in [-0.2, -0.15) is 13.2 Å². The first-order chi connectivity index (χ1) is 14.7. The second kappa shape index (κ2) is 11.4. The minimum atomic E-state index is -4.63. The number of hydrogen-bond acceptors (Lipinski definition) is 4. The SMILES string of the molecule is CCOC1=C(C(=O)Nc2ccc(Cl)c(C(F)(F)F)c2)C(OCCN(CC)CC)=CCC1. The summed E-state index contributed by atoms with van der Waals surface area (Å²) in [7, 11) is 0. The molecule has 0 bridgehead atoms. The maximum absolute atomic E-state index is 13.1. The third-order valence-corrected chi connectivity index (χ3v) is 5.19. The van der Waals surface area contributed by atoms with Gasteiger partial charge in [-0.3, -0.25) is 4.79 Å². The summed E-state index contributed by atoms with van der Waals surface area (Å²) in [5, 5.41) is 2.09. The molecule has 2 rings (SSSR count). The Bertz CT molecular complexity index is 834. The van der Waals surface area contributed by atoms with E-state index in [1.165, 1.54) is 6.07 Å². The Kier molecular flexibility index (Phi) is 9.25. The van der Waals surface area contributed by atoms with Crippen molar-refractivity contribution in [1.29, 1.82) is 0 Å². The van der Waals surface area contributed by atoms with Gasteiger partial charge in [0.15, 0.2) is 0 Å². The largest absolute Gasteiger partial charge is 0.497 e. The molecule has 0 fully saturated rings. The molecule has 172 valence electrons. The van der Waals surface area contributed by atoms with E-state index >= 15 is 0 Å². The number of anilines is 1. The van der Waals surface area contributed by atoms with Crippen molar-refractivity contribution < 1.29 is 27.4 Å². The Morgan fingerprint density at radius 1 is 1.19 bits per heavy atom. The van der Waals surface area contributed by atoms with Crippen LogP contribution in [0.4, 0.5) is 18.9 Å². The first kappa shape index (κ1) is 25.1. The highest BCUT2D eigenvalue weighted by Crippen LogP contribution is 2.36. The molecule has 0 aliphatic heterocycles. The smallest absolute Gasteiger partial charge is 0.417 e. The van der Waals surface area contributed by atoms with Crippen molar-refractivity contribution >= 4 is 23.2 Å². The summed E-state index contributed by atoms with van der Waals surface area (Å²) in [6.07, 6.45) is -1.67. The minimum absolute atomic E-state index is 0.0156. The van der Waals surface area contributed by atoms with E-state index in [0.717, 1.165) is 25.2 Å². The van der Waals surface area contributed by atoms with Crippen LogP contribution < -0.4 is 5.32 Å². The summed E-state index contributed by atoms with van der Waals surface area (Å²) in [5.41, 5.74) is -0.824. The molecular formula is C22H28ClF3N2O3. The van der Waals surface area contributed by atoms with Gasteiger partial charge >= 0.3 is 6.18 Å². The normalized spacial score (nSPS) is 14.5. The van der Waals surface area contributed by atoms with Crippen molar-refractivity contribution in [3.05, 3.63) is 52.0 Å². The number of alkyl halides is 3. The Hall–Kier alpha value is -2.19. The van der Waals surface area contributed by atoms with Gasteiger partial charge in [-0.25, -0.2) is 0 Å². The fourth-order valence-corrected chi connectivity index (χ4v) is 3.45. The third-order valence-electron chi connectivity index (χ3n) is 4.86. The molecular weight excluding hydrogens is 433 g/mol. The number of hydrogen-bond donors (Lipinski definition) is 1. The van der Waals surface area contributed by atoms with Crippen LogP contribution in [0.3, 0.4) is 0 Å². The number of nitrogens with zero attached hydrogens (tertiary/aromatic N) is 1. The van der Waals surface area contributed by atoms with Crippen molar-refractivity contribution in [2.24, 2.45) is 0 Å². The summed E-state index contributed by atoms with van der Waals surface area (Å²) >= 11 is 5.67. The van der Waals surface area contributed by atoms with Gasteiger partial charge in [-0.15, -0.1) is 0 Å². The van der Waals surface area contributed by atoms with Crippen molar-refractivity contribution in [3.8, 4) is 0 Å². The quantitative estimate of drug-likeness (QED) is 0.492. The maximum atomic E-state index is 13.1. The lowest BCUT2D eigenvalue weighted by Crippen LogP contribution is -2.28. The van der Waals surface area contributed by atoms with Gasteiger partial charge in [0.25, 0.3) is 5.91 Å². The van der Waals surface area contributed by atoms with Gasteiger partial charge in [0.1, 0.15) is 23.7 Å². The number of carbonyl (C=O) groups excluding carboxylic acids is 1. The van der Waals surface area contributed by atoms with Crippen LogP contribution >= 0.6 is 11.6 Å². The van der Waals surface area contributed by atoms with Crippen LogP contribution in [0.25, 0.3) is 0 Å². The van der Waals surface area contributed by atoms with Gasteiger partial charge in [0, 0.05) is 18.7 Å². The molecule has 1 aliphatic rings. The van der Waals surface area contributed by atoms with Gasteiger partial charge in [-0.05, 0) is 50.7 Å². The van der Waals surface area contributed by atoms with E-state index in [-0.39, 0.29) is 11.3 Å². The maximum Gasteiger partial charge on any atom is 0.417 e. The summed E-state index contributed by atoms with van der Waals surface area (Å²) in [4.78, 5) is 15.2. The molecule has 0 radical (unpaired) electrons. The van der Waals surface area contributed by atoms with E-state index < -0.39 is 22.7 Å². The Morgan fingerprint density at radius 3 is 2.52 bits per heavy atom. The molecule has 1 aromatic rings.